The van der Waals surface area contributed by atoms with Crippen molar-refractivity contribution in [3.8, 4) is 0 Å². The van der Waals surface area contributed by atoms with E-state index in [9.17, 15) is 4.79 Å². The van der Waals surface area contributed by atoms with Crippen molar-refractivity contribution in [3.05, 3.63) is 29.3 Å². The van der Waals surface area contributed by atoms with E-state index in [1.54, 1.807) is 0 Å². The van der Waals surface area contributed by atoms with Crippen molar-refractivity contribution in [3.63, 3.8) is 0 Å². The van der Waals surface area contributed by atoms with Crippen LogP contribution in [0.4, 0.5) is 5.69 Å². The number of nitrogens with one attached hydrogen (secondary N) is 2. The van der Waals surface area contributed by atoms with Crippen molar-refractivity contribution in [1.29, 1.82) is 0 Å². The van der Waals surface area contributed by atoms with Crippen LogP contribution in [0.15, 0.2) is 18.2 Å². The molecule has 108 valence electrons. The molecule has 0 radical (unpaired) electrons. The Morgan fingerprint density at radius 3 is 2.37 bits per heavy atom. The minimum atomic E-state index is 0. The van der Waals surface area contributed by atoms with Gasteiger partial charge in [-0.2, -0.15) is 0 Å². The van der Waals surface area contributed by atoms with E-state index >= 15 is 0 Å². The maximum absolute atomic E-state index is 12.0. The number of likely N-dealkylation sites (N-methyl/N-ethyl adjacent to an activating group) is 1. The molecule has 0 aliphatic heterocycles. The Hall–Kier alpha value is -1.06. The number of carbonyl (C=O) groups is 1. The summed E-state index contributed by atoms with van der Waals surface area (Å²) < 4.78 is 0. The highest BCUT2D eigenvalue weighted by Gasteiger charge is 2.11. The molecule has 1 aromatic carbocycles. The van der Waals surface area contributed by atoms with E-state index in [-0.39, 0.29) is 18.3 Å². The molecule has 4 heteroatoms. The number of anilines is 1. The van der Waals surface area contributed by atoms with Crippen molar-refractivity contribution in [2.24, 2.45) is 0 Å². The normalized spacial score (nSPS) is 11.6. The first kappa shape index (κ1) is 17.9. The summed E-state index contributed by atoms with van der Waals surface area (Å²) in [5, 5.41) is 3.03. The van der Waals surface area contributed by atoms with Gasteiger partial charge in [0.2, 0.25) is 0 Å². The zero-order chi connectivity index (χ0) is 13.5. The topological polar surface area (TPSA) is 33.5 Å². The first-order chi connectivity index (χ1) is 8.54. The predicted molar refractivity (Wildman–Crippen MR) is 76.1 cm³/mol. The second kappa shape index (κ2) is 8.94. The summed E-state index contributed by atoms with van der Waals surface area (Å²) in [4.78, 5) is 13.2. The molecule has 1 rings (SSSR count). The third-order valence-electron chi connectivity index (χ3n) is 3.16. The number of amides is 1. The van der Waals surface area contributed by atoms with Crippen LogP contribution in [-0.2, 0) is 4.79 Å². The van der Waals surface area contributed by atoms with Gasteiger partial charge in [-0.1, -0.05) is 31.5 Å². The molecule has 0 saturated carbocycles. The molecule has 0 saturated heterocycles. The Kier molecular flexibility index (Phi) is 8.44. The summed E-state index contributed by atoms with van der Waals surface area (Å²) in [6.07, 6.45) is 2.35. The second-order valence-corrected chi connectivity index (χ2v) is 5.05. The molecule has 1 atom stereocenters. The summed E-state index contributed by atoms with van der Waals surface area (Å²) >= 11 is 0. The maximum Gasteiger partial charge on any atom is 0.279 e. The van der Waals surface area contributed by atoms with Gasteiger partial charge < -0.3 is 22.6 Å². The van der Waals surface area contributed by atoms with Gasteiger partial charge in [0.1, 0.15) is 0 Å². The standard InChI is InChI=1S/C15H24N2O.ClH/c1-5-6-10-17(4)11-14(18)16-15-12(2)8-7-9-13(15)3;/h7-9H,5-6,10-11H2,1-4H3,(H,16,18);1H. The summed E-state index contributed by atoms with van der Waals surface area (Å²) in [7, 11) is 2.07. The number of quaternary nitrogens is 1. The fourth-order valence-corrected chi connectivity index (χ4v) is 2.04. The highest BCUT2D eigenvalue weighted by molar-refractivity contribution is 5.93. The van der Waals surface area contributed by atoms with Crippen molar-refractivity contribution in [1.82, 2.24) is 0 Å². The van der Waals surface area contributed by atoms with Gasteiger partial charge in [0, 0.05) is 5.69 Å². The van der Waals surface area contributed by atoms with E-state index in [0.29, 0.717) is 6.54 Å². The number of unbranched alkanes of at least 4 members (excludes halogenated alkanes) is 1. The van der Waals surface area contributed by atoms with Crippen LogP contribution < -0.4 is 22.6 Å². The van der Waals surface area contributed by atoms with E-state index in [0.717, 1.165) is 23.4 Å². The molecule has 2 N–H and O–H groups in total. The Morgan fingerprint density at radius 1 is 1.26 bits per heavy atom. The van der Waals surface area contributed by atoms with Crippen LogP contribution >= 0.6 is 0 Å². The molecule has 1 unspecified atom stereocenters. The summed E-state index contributed by atoms with van der Waals surface area (Å²) in [6.45, 7) is 7.81. The van der Waals surface area contributed by atoms with Crippen molar-refractivity contribution >= 4 is 11.6 Å². The number of halogens is 1. The van der Waals surface area contributed by atoms with Crippen molar-refractivity contribution in [2.75, 3.05) is 25.5 Å². The van der Waals surface area contributed by atoms with Crippen molar-refractivity contribution < 1.29 is 22.1 Å². The highest BCUT2D eigenvalue weighted by atomic mass is 35.5. The SMILES string of the molecule is CCCC[NH+](C)CC(=O)Nc1c(C)cccc1C.[Cl-]. The van der Waals surface area contributed by atoms with Gasteiger partial charge in [0.15, 0.2) is 6.54 Å². The Morgan fingerprint density at radius 2 is 1.84 bits per heavy atom. The average Bonchev–Trinajstić information content (AvgIpc) is 2.31. The fourth-order valence-electron chi connectivity index (χ4n) is 2.04. The number of rotatable bonds is 6. The van der Waals surface area contributed by atoms with Crippen molar-refractivity contribution in [2.45, 2.75) is 33.6 Å². The maximum atomic E-state index is 12.0. The first-order valence-electron chi connectivity index (χ1n) is 6.72. The van der Waals surface area contributed by atoms with Crippen LogP contribution in [0.1, 0.15) is 30.9 Å². The molecule has 0 aliphatic carbocycles. The quantitative estimate of drug-likeness (QED) is 0.659. The Balaban J connectivity index is 0.00000324. The number of para-hydroxylation sites is 1. The van der Waals surface area contributed by atoms with Crippen LogP contribution in [-0.4, -0.2) is 26.0 Å². The molecule has 0 heterocycles. The molecule has 0 bridgehead atoms. The van der Waals surface area contributed by atoms with Gasteiger partial charge in [0.25, 0.3) is 5.91 Å². The summed E-state index contributed by atoms with van der Waals surface area (Å²) in [6, 6.07) is 6.06. The number of hydrogen-bond donors (Lipinski definition) is 2. The molecular formula is C15H25ClN2O. The van der Waals surface area contributed by atoms with Crippen LogP contribution in [0.25, 0.3) is 0 Å². The molecule has 0 spiro atoms. The van der Waals surface area contributed by atoms with Crippen LogP contribution in [0, 0.1) is 13.8 Å². The molecule has 1 aromatic rings. The zero-order valence-corrected chi connectivity index (χ0v) is 13.1. The smallest absolute Gasteiger partial charge is 0.279 e. The minimum absolute atomic E-state index is 0. The zero-order valence-electron chi connectivity index (χ0n) is 12.3. The minimum Gasteiger partial charge on any atom is -1.00 e. The fraction of sp³-hybridized carbons (Fsp3) is 0.533. The molecular weight excluding hydrogens is 260 g/mol. The molecule has 1 amide bonds. The molecule has 0 fully saturated rings. The number of carbonyl (C=O) groups excluding carboxylic acids is 1. The van der Waals surface area contributed by atoms with E-state index in [1.807, 2.05) is 32.0 Å². The summed E-state index contributed by atoms with van der Waals surface area (Å²) in [5.74, 6) is 0.0982. The predicted octanol–water partition coefficient (Wildman–Crippen LogP) is -1.44. The van der Waals surface area contributed by atoms with Gasteiger partial charge >= 0.3 is 0 Å². The van der Waals surface area contributed by atoms with E-state index in [4.69, 9.17) is 0 Å². The van der Waals surface area contributed by atoms with Gasteiger partial charge in [-0.3, -0.25) is 4.79 Å². The lowest BCUT2D eigenvalue weighted by Gasteiger charge is -2.15. The van der Waals surface area contributed by atoms with Crippen LogP contribution in [0.2, 0.25) is 0 Å². The second-order valence-electron chi connectivity index (χ2n) is 5.05. The molecule has 0 aromatic heterocycles. The van der Waals surface area contributed by atoms with Crippen LogP contribution in [0.3, 0.4) is 0 Å². The van der Waals surface area contributed by atoms with Gasteiger partial charge in [0.05, 0.1) is 13.6 Å². The third kappa shape index (κ3) is 6.08. The number of benzene rings is 1. The number of hydrogen-bond acceptors (Lipinski definition) is 1. The van der Waals surface area contributed by atoms with Gasteiger partial charge in [-0.15, -0.1) is 0 Å². The average molecular weight is 285 g/mol. The lowest BCUT2D eigenvalue weighted by Crippen LogP contribution is -3.10. The lowest BCUT2D eigenvalue weighted by atomic mass is 10.1. The highest BCUT2D eigenvalue weighted by Crippen LogP contribution is 2.18. The van der Waals surface area contributed by atoms with E-state index in [2.05, 4.69) is 19.3 Å². The Labute approximate surface area is 122 Å². The molecule has 3 nitrogen and oxygen atoms in total. The Bertz CT molecular complexity index is 387. The lowest BCUT2D eigenvalue weighted by molar-refractivity contribution is -0.871. The van der Waals surface area contributed by atoms with E-state index < -0.39 is 0 Å². The van der Waals surface area contributed by atoms with Gasteiger partial charge in [-0.05, 0) is 31.4 Å². The molecule has 0 aliphatic rings. The first-order valence-corrected chi connectivity index (χ1v) is 6.72. The van der Waals surface area contributed by atoms with Gasteiger partial charge in [-0.25, -0.2) is 0 Å². The number of aryl methyl sites for hydroxylation is 2. The summed E-state index contributed by atoms with van der Waals surface area (Å²) in [5.41, 5.74) is 3.20. The monoisotopic (exact) mass is 284 g/mol. The third-order valence-corrected chi connectivity index (χ3v) is 3.16. The largest absolute Gasteiger partial charge is 1.00 e. The van der Waals surface area contributed by atoms with Crippen LogP contribution in [0.5, 0.6) is 0 Å². The van der Waals surface area contributed by atoms with E-state index in [1.165, 1.54) is 17.7 Å². The molecule has 19 heavy (non-hydrogen) atoms.